The molecular weight excluding hydrogens is 342 g/mol. The van der Waals surface area contributed by atoms with E-state index in [1.165, 1.54) is 38.4 Å². The van der Waals surface area contributed by atoms with Gasteiger partial charge in [-0.15, -0.1) is 0 Å². The minimum atomic E-state index is -0.0791. The third kappa shape index (κ3) is 5.58. The minimum absolute atomic E-state index is 0.0155. The molecule has 1 aromatic rings. The summed E-state index contributed by atoms with van der Waals surface area (Å²) in [6.07, 6.45) is 10.7. The summed E-state index contributed by atoms with van der Waals surface area (Å²) in [5.74, 6) is 0.451. The molecule has 0 atom stereocenters. The maximum atomic E-state index is 12.4. The van der Waals surface area contributed by atoms with E-state index in [1.54, 1.807) is 17.0 Å². The lowest BCUT2D eigenvalue weighted by molar-refractivity contribution is -0.126. The van der Waals surface area contributed by atoms with Crippen molar-refractivity contribution in [3.63, 3.8) is 0 Å². The summed E-state index contributed by atoms with van der Waals surface area (Å²) < 4.78 is 5.18. The highest BCUT2D eigenvalue weighted by Gasteiger charge is 2.28. The molecule has 6 heteroatoms. The van der Waals surface area contributed by atoms with E-state index in [2.05, 4.69) is 17.3 Å². The van der Waals surface area contributed by atoms with Crippen molar-refractivity contribution in [1.82, 2.24) is 15.1 Å². The van der Waals surface area contributed by atoms with Crippen LogP contribution in [0.3, 0.4) is 0 Å². The summed E-state index contributed by atoms with van der Waals surface area (Å²) in [5, 5.41) is 3.09. The van der Waals surface area contributed by atoms with Gasteiger partial charge >= 0.3 is 0 Å². The number of carbonyl (C=O) groups is 2. The molecule has 1 saturated heterocycles. The van der Waals surface area contributed by atoms with Gasteiger partial charge in [-0.2, -0.15) is 0 Å². The highest BCUT2D eigenvalue weighted by atomic mass is 16.3. The molecule has 1 N–H and O–H groups in total. The smallest absolute Gasteiger partial charge is 0.289 e. The molecule has 0 unspecified atom stereocenters. The van der Waals surface area contributed by atoms with Crippen molar-refractivity contribution in [1.29, 1.82) is 0 Å². The van der Waals surface area contributed by atoms with Gasteiger partial charge in [0, 0.05) is 31.6 Å². The highest BCUT2D eigenvalue weighted by molar-refractivity contribution is 5.91. The Hall–Kier alpha value is -1.82. The summed E-state index contributed by atoms with van der Waals surface area (Å²) in [5.41, 5.74) is 0. The lowest BCUT2D eigenvalue weighted by atomic mass is 9.94. The van der Waals surface area contributed by atoms with Gasteiger partial charge < -0.3 is 19.5 Å². The number of amides is 2. The van der Waals surface area contributed by atoms with Crippen LogP contribution in [0.5, 0.6) is 0 Å². The van der Waals surface area contributed by atoms with Gasteiger partial charge in [0.2, 0.25) is 5.91 Å². The quantitative estimate of drug-likeness (QED) is 0.744. The molecule has 2 amide bonds. The number of nitrogens with zero attached hydrogens (tertiary/aromatic N) is 2. The lowest BCUT2D eigenvalue weighted by Crippen LogP contribution is -2.43. The molecule has 2 fully saturated rings. The maximum Gasteiger partial charge on any atom is 0.289 e. The van der Waals surface area contributed by atoms with Crippen molar-refractivity contribution >= 4 is 11.8 Å². The molecule has 2 aliphatic rings. The van der Waals surface area contributed by atoms with Crippen LogP contribution in [0.4, 0.5) is 0 Å². The molecule has 0 aromatic carbocycles. The second-order valence-corrected chi connectivity index (χ2v) is 7.96. The third-order valence-corrected chi connectivity index (χ3v) is 6.07. The SMILES string of the molecule is CN(CCCNC(=O)C1CCN(C(=O)c2ccco2)CC1)C1CCCCC1. The number of likely N-dealkylation sites (tertiary alicyclic amines) is 1. The van der Waals surface area contributed by atoms with Crippen molar-refractivity contribution < 1.29 is 14.0 Å². The maximum absolute atomic E-state index is 12.4. The third-order valence-electron chi connectivity index (χ3n) is 6.07. The molecule has 1 aliphatic carbocycles. The van der Waals surface area contributed by atoms with Gasteiger partial charge in [0.25, 0.3) is 5.91 Å². The Balaban J connectivity index is 1.31. The predicted octanol–water partition coefficient (Wildman–Crippen LogP) is 2.90. The largest absolute Gasteiger partial charge is 0.459 e. The Bertz CT molecular complexity index is 588. The zero-order valence-electron chi connectivity index (χ0n) is 16.5. The van der Waals surface area contributed by atoms with Crippen LogP contribution in [0.2, 0.25) is 0 Å². The normalized spacial score (nSPS) is 19.4. The summed E-state index contributed by atoms with van der Waals surface area (Å²) in [6.45, 7) is 3.01. The Morgan fingerprint density at radius 2 is 1.93 bits per heavy atom. The fourth-order valence-electron chi connectivity index (χ4n) is 4.29. The topological polar surface area (TPSA) is 65.8 Å². The highest BCUT2D eigenvalue weighted by Crippen LogP contribution is 2.22. The average Bonchev–Trinajstić information content (AvgIpc) is 3.26. The first kappa shape index (κ1) is 19.9. The number of hydrogen-bond acceptors (Lipinski definition) is 4. The number of hydrogen-bond donors (Lipinski definition) is 1. The van der Waals surface area contributed by atoms with Crippen LogP contribution in [-0.4, -0.2) is 60.9 Å². The predicted molar refractivity (Wildman–Crippen MR) is 104 cm³/mol. The van der Waals surface area contributed by atoms with Gasteiger partial charge in [0.05, 0.1) is 6.26 Å². The van der Waals surface area contributed by atoms with Crippen molar-refractivity contribution in [2.45, 2.75) is 57.4 Å². The van der Waals surface area contributed by atoms with Crippen molar-refractivity contribution in [2.24, 2.45) is 5.92 Å². The molecule has 6 nitrogen and oxygen atoms in total. The van der Waals surface area contributed by atoms with Crippen LogP contribution in [0, 0.1) is 5.92 Å². The molecule has 150 valence electrons. The number of piperidine rings is 1. The molecule has 1 aliphatic heterocycles. The summed E-state index contributed by atoms with van der Waals surface area (Å²) in [7, 11) is 2.21. The van der Waals surface area contributed by atoms with Gasteiger partial charge in [-0.25, -0.2) is 0 Å². The van der Waals surface area contributed by atoms with E-state index < -0.39 is 0 Å². The van der Waals surface area contributed by atoms with Crippen LogP contribution in [0.1, 0.15) is 61.9 Å². The summed E-state index contributed by atoms with van der Waals surface area (Å²) in [4.78, 5) is 28.9. The minimum Gasteiger partial charge on any atom is -0.459 e. The van der Waals surface area contributed by atoms with Crippen molar-refractivity contribution in [3.05, 3.63) is 24.2 Å². The number of rotatable bonds is 7. The number of carbonyl (C=O) groups excluding carboxylic acids is 2. The molecule has 3 rings (SSSR count). The summed E-state index contributed by atoms with van der Waals surface area (Å²) in [6, 6.07) is 4.13. The molecule has 1 saturated carbocycles. The Morgan fingerprint density at radius 1 is 1.19 bits per heavy atom. The van der Waals surface area contributed by atoms with Crippen molar-refractivity contribution in [2.75, 3.05) is 33.2 Å². The Labute approximate surface area is 162 Å². The first-order valence-corrected chi connectivity index (χ1v) is 10.5. The molecule has 1 aromatic heterocycles. The first-order valence-electron chi connectivity index (χ1n) is 10.5. The fraction of sp³-hybridized carbons (Fsp3) is 0.714. The molecule has 0 radical (unpaired) electrons. The zero-order valence-corrected chi connectivity index (χ0v) is 16.5. The van der Waals surface area contributed by atoms with Crippen LogP contribution in [0.25, 0.3) is 0 Å². The fourth-order valence-corrected chi connectivity index (χ4v) is 4.29. The standard InChI is InChI=1S/C21H33N3O3/c1-23(18-7-3-2-4-8-18)13-6-12-22-20(25)17-10-14-24(15-11-17)21(26)19-9-5-16-27-19/h5,9,16-18H,2-4,6-8,10-15H2,1H3,(H,22,25). The van der Waals surface area contributed by atoms with E-state index >= 15 is 0 Å². The Morgan fingerprint density at radius 3 is 2.59 bits per heavy atom. The van der Waals surface area contributed by atoms with Crippen molar-refractivity contribution in [3.8, 4) is 0 Å². The molecule has 0 bridgehead atoms. The van der Waals surface area contributed by atoms with Gasteiger partial charge in [-0.05, 0) is 57.8 Å². The van der Waals surface area contributed by atoms with Gasteiger partial charge in [0.15, 0.2) is 5.76 Å². The second-order valence-electron chi connectivity index (χ2n) is 7.96. The van der Waals surface area contributed by atoms with Gasteiger partial charge in [-0.1, -0.05) is 19.3 Å². The molecule has 27 heavy (non-hydrogen) atoms. The molecule has 0 spiro atoms. The van der Waals surface area contributed by atoms with E-state index in [9.17, 15) is 9.59 Å². The lowest BCUT2D eigenvalue weighted by Gasteiger charge is -2.32. The molecular formula is C21H33N3O3. The summed E-state index contributed by atoms with van der Waals surface area (Å²) >= 11 is 0. The van der Waals surface area contributed by atoms with Crippen LogP contribution in [0.15, 0.2) is 22.8 Å². The monoisotopic (exact) mass is 375 g/mol. The van der Waals surface area contributed by atoms with E-state index in [0.29, 0.717) is 18.8 Å². The first-order chi connectivity index (χ1) is 13.1. The van der Waals surface area contributed by atoms with E-state index in [-0.39, 0.29) is 17.7 Å². The van der Waals surface area contributed by atoms with Gasteiger partial charge in [0.1, 0.15) is 0 Å². The van der Waals surface area contributed by atoms with E-state index in [4.69, 9.17) is 4.42 Å². The number of nitrogens with one attached hydrogen (secondary N) is 1. The van der Waals surface area contributed by atoms with Crippen LogP contribution >= 0.6 is 0 Å². The van der Waals surface area contributed by atoms with Crippen LogP contribution in [-0.2, 0) is 4.79 Å². The Kier molecular flexibility index (Phi) is 7.33. The average molecular weight is 376 g/mol. The number of furan rings is 1. The van der Waals surface area contributed by atoms with Gasteiger partial charge in [-0.3, -0.25) is 9.59 Å². The van der Waals surface area contributed by atoms with Crippen LogP contribution < -0.4 is 5.32 Å². The second kappa shape index (κ2) is 9.93. The molecule has 2 heterocycles. The van der Waals surface area contributed by atoms with E-state index in [0.717, 1.165) is 38.4 Å². The van der Waals surface area contributed by atoms with E-state index in [1.807, 2.05) is 0 Å². The zero-order chi connectivity index (χ0) is 19.1.